The second-order valence-electron chi connectivity index (χ2n) is 5.73. The number of rotatable bonds is 8. The van der Waals surface area contributed by atoms with E-state index in [1.165, 1.54) is 0 Å². The van der Waals surface area contributed by atoms with Crippen molar-refractivity contribution in [2.75, 3.05) is 39.6 Å². The SMILES string of the molecule is COc1cccc(Nc2cncc(C(=O)NCCCN(C)C)c2)c1. The smallest absolute Gasteiger partial charge is 0.252 e. The number of ether oxygens (including phenoxy) is 1. The van der Waals surface area contributed by atoms with Gasteiger partial charge in [-0.05, 0) is 45.3 Å². The Morgan fingerprint density at radius 2 is 2.04 bits per heavy atom. The molecule has 6 heteroatoms. The van der Waals surface area contributed by atoms with Gasteiger partial charge in [-0.25, -0.2) is 0 Å². The van der Waals surface area contributed by atoms with Crippen molar-refractivity contribution in [1.29, 1.82) is 0 Å². The Morgan fingerprint density at radius 3 is 2.79 bits per heavy atom. The Morgan fingerprint density at radius 1 is 1.21 bits per heavy atom. The molecule has 0 bridgehead atoms. The lowest BCUT2D eigenvalue weighted by Crippen LogP contribution is -2.27. The molecule has 0 radical (unpaired) electrons. The topological polar surface area (TPSA) is 66.5 Å². The van der Waals surface area contributed by atoms with Crippen LogP contribution in [0.4, 0.5) is 11.4 Å². The normalized spacial score (nSPS) is 10.5. The van der Waals surface area contributed by atoms with Crippen molar-refractivity contribution in [1.82, 2.24) is 15.2 Å². The van der Waals surface area contributed by atoms with Gasteiger partial charge in [-0.2, -0.15) is 0 Å². The van der Waals surface area contributed by atoms with Gasteiger partial charge < -0.3 is 20.3 Å². The number of carbonyl (C=O) groups is 1. The van der Waals surface area contributed by atoms with Gasteiger partial charge >= 0.3 is 0 Å². The summed E-state index contributed by atoms with van der Waals surface area (Å²) in [7, 11) is 5.65. The van der Waals surface area contributed by atoms with Crippen LogP contribution in [-0.4, -0.2) is 50.1 Å². The summed E-state index contributed by atoms with van der Waals surface area (Å²) >= 11 is 0. The summed E-state index contributed by atoms with van der Waals surface area (Å²) in [5.41, 5.74) is 2.16. The number of hydrogen-bond acceptors (Lipinski definition) is 5. The van der Waals surface area contributed by atoms with E-state index in [0.29, 0.717) is 12.1 Å². The average Bonchev–Trinajstić information content (AvgIpc) is 2.58. The molecular weight excluding hydrogens is 304 g/mol. The minimum atomic E-state index is -0.115. The summed E-state index contributed by atoms with van der Waals surface area (Å²) in [6, 6.07) is 9.37. The van der Waals surface area contributed by atoms with Crippen LogP contribution in [0.25, 0.3) is 0 Å². The third-order valence-electron chi connectivity index (χ3n) is 3.43. The monoisotopic (exact) mass is 328 g/mol. The first-order valence-electron chi connectivity index (χ1n) is 7.87. The molecule has 128 valence electrons. The summed E-state index contributed by atoms with van der Waals surface area (Å²) in [5.74, 6) is 0.651. The Labute approximate surface area is 142 Å². The van der Waals surface area contributed by atoms with Gasteiger partial charge in [0.15, 0.2) is 0 Å². The molecule has 0 aliphatic heterocycles. The van der Waals surface area contributed by atoms with Crippen molar-refractivity contribution in [3.63, 3.8) is 0 Å². The molecule has 0 saturated carbocycles. The van der Waals surface area contributed by atoms with E-state index in [4.69, 9.17) is 4.74 Å². The highest BCUT2D eigenvalue weighted by Gasteiger charge is 2.07. The first-order chi connectivity index (χ1) is 11.6. The number of amides is 1. The molecule has 1 aromatic carbocycles. The van der Waals surface area contributed by atoms with Crippen molar-refractivity contribution in [3.05, 3.63) is 48.3 Å². The van der Waals surface area contributed by atoms with E-state index in [1.807, 2.05) is 38.4 Å². The van der Waals surface area contributed by atoms with E-state index < -0.39 is 0 Å². The van der Waals surface area contributed by atoms with Crippen LogP contribution in [0.2, 0.25) is 0 Å². The highest BCUT2D eigenvalue weighted by atomic mass is 16.5. The van der Waals surface area contributed by atoms with Crippen LogP contribution in [-0.2, 0) is 0 Å². The number of nitrogens with one attached hydrogen (secondary N) is 2. The van der Waals surface area contributed by atoms with E-state index in [-0.39, 0.29) is 5.91 Å². The molecule has 0 unspecified atom stereocenters. The van der Waals surface area contributed by atoms with Crippen LogP contribution in [0.3, 0.4) is 0 Å². The summed E-state index contributed by atoms with van der Waals surface area (Å²) in [6.07, 6.45) is 4.16. The predicted octanol–water partition coefficient (Wildman–Crippen LogP) is 2.52. The molecule has 2 N–H and O–H groups in total. The molecule has 1 amide bonds. The van der Waals surface area contributed by atoms with E-state index >= 15 is 0 Å². The van der Waals surface area contributed by atoms with E-state index in [0.717, 1.165) is 30.1 Å². The van der Waals surface area contributed by atoms with Crippen molar-refractivity contribution in [2.45, 2.75) is 6.42 Å². The molecular formula is C18H24N4O2. The maximum Gasteiger partial charge on any atom is 0.252 e. The third kappa shape index (κ3) is 5.55. The van der Waals surface area contributed by atoms with Crippen LogP contribution in [0.5, 0.6) is 5.75 Å². The quantitative estimate of drug-likeness (QED) is 0.729. The second kappa shape index (κ2) is 8.88. The number of hydrogen-bond donors (Lipinski definition) is 2. The lowest BCUT2D eigenvalue weighted by molar-refractivity contribution is 0.0952. The fourth-order valence-corrected chi connectivity index (χ4v) is 2.20. The van der Waals surface area contributed by atoms with E-state index in [2.05, 4.69) is 20.5 Å². The molecule has 0 spiro atoms. The largest absolute Gasteiger partial charge is 0.497 e. The number of anilines is 2. The zero-order valence-electron chi connectivity index (χ0n) is 14.4. The van der Waals surface area contributed by atoms with Gasteiger partial charge in [0.05, 0.1) is 24.6 Å². The molecule has 0 fully saturated rings. The average molecular weight is 328 g/mol. The van der Waals surface area contributed by atoms with Crippen LogP contribution < -0.4 is 15.4 Å². The van der Waals surface area contributed by atoms with Crippen LogP contribution in [0, 0.1) is 0 Å². The van der Waals surface area contributed by atoms with Crippen LogP contribution in [0.1, 0.15) is 16.8 Å². The van der Waals surface area contributed by atoms with Crippen molar-refractivity contribution >= 4 is 17.3 Å². The maximum absolute atomic E-state index is 12.2. The fraction of sp³-hybridized carbons (Fsp3) is 0.333. The molecule has 0 atom stereocenters. The molecule has 2 rings (SSSR count). The van der Waals surface area contributed by atoms with E-state index in [1.54, 1.807) is 25.6 Å². The molecule has 0 aliphatic rings. The summed E-state index contributed by atoms with van der Waals surface area (Å²) in [6.45, 7) is 1.58. The highest BCUT2D eigenvalue weighted by molar-refractivity contribution is 5.94. The Bertz CT molecular complexity index is 674. The molecule has 1 heterocycles. The number of benzene rings is 1. The lowest BCUT2D eigenvalue weighted by Gasteiger charge is -2.11. The number of pyridine rings is 1. The first kappa shape index (κ1) is 17.7. The Hall–Kier alpha value is -2.60. The van der Waals surface area contributed by atoms with Gasteiger partial charge in [-0.15, -0.1) is 0 Å². The van der Waals surface area contributed by atoms with Crippen LogP contribution in [0.15, 0.2) is 42.7 Å². The minimum Gasteiger partial charge on any atom is -0.497 e. The van der Waals surface area contributed by atoms with E-state index in [9.17, 15) is 4.79 Å². The highest BCUT2D eigenvalue weighted by Crippen LogP contribution is 2.21. The maximum atomic E-state index is 12.2. The number of methoxy groups -OCH3 is 1. The summed E-state index contributed by atoms with van der Waals surface area (Å²) < 4.78 is 5.20. The van der Waals surface area contributed by atoms with Gasteiger partial charge in [-0.1, -0.05) is 6.07 Å². The minimum absolute atomic E-state index is 0.115. The lowest BCUT2D eigenvalue weighted by atomic mass is 10.2. The second-order valence-corrected chi connectivity index (χ2v) is 5.73. The third-order valence-corrected chi connectivity index (χ3v) is 3.43. The molecule has 0 aliphatic carbocycles. The van der Waals surface area contributed by atoms with Gasteiger partial charge in [0.25, 0.3) is 5.91 Å². The molecule has 6 nitrogen and oxygen atoms in total. The van der Waals surface area contributed by atoms with Gasteiger partial charge in [0.2, 0.25) is 0 Å². The van der Waals surface area contributed by atoms with Crippen molar-refractivity contribution < 1.29 is 9.53 Å². The number of carbonyl (C=O) groups excluding carboxylic acids is 1. The van der Waals surface area contributed by atoms with Crippen molar-refractivity contribution in [2.24, 2.45) is 0 Å². The summed E-state index contributed by atoms with van der Waals surface area (Å²) in [4.78, 5) is 18.4. The number of aromatic nitrogens is 1. The number of nitrogens with zero attached hydrogens (tertiary/aromatic N) is 2. The summed E-state index contributed by atoms with van der Waals surface area (Å²) in [5, 5.41) is 6.14. The van der Waals surface area contributed by atoms with Gasteiger partial charge in [0, 0.05) is 24.5 Å². The predicted molar refractivity (Wildman–Crippen MR) is 96.0 cm³/mol. The molecule has 24 heavy (non-hydrogen) atoms. The Kier molecular flexibility index (Phi) is 6.57. The Balaban J connectivity index is 1.96. The molecule has 2 aromatic rings. The van der Waals surface area contributed by atoms with Crippen molar-refractivity contribution in [3.8, 4) is 5.75 Å². The zero-order valence-corrected chi connectivity index (χ0v) is 14.4. The van der Waals surface area contributed by atoms with Gasteiger partial charge in [0.1, 0.15) is 5.75 Å². The van der Waals surface area contributed by atoms with Gasteiger partial charge in [-0.3, -0.25) is 9.78 Å². The standard InChI is InChI=1S/C18H24N4O2/c1-22(2)9-5-8-20-18(23)14-10-16(13-19-12-14)21-15-6-4-7-17(11-15)24-3/h4,6-7,10-13,21H,5,8-9H2,1-3H3,(H,20,23). The van der Waals surface area contributed by atoms with Crippen LogP contribution >= 0.6 is 0 Å². The molecule has 1 aromatic heterocycles. The molecule has 0 saturated heterocycles. The first-order valence-corrected chi connectivity index (χ1v) is 7.87. The fourth-order valence-electron chi connectivity index (χ4n) is 2.20. The zero-order chi connectivity index (χ0) is 17.4.